The second kappa shape index (κ2) is 8.65. The summed E-state index contributed by atoms with van der Waals surface area (Å²) in [5.74, 6) is -0.244. The van der Waals surface area contributed by atoms with E-state index in [1.165, 1.54) is 17.4 Å². The van der Waals surface area contributed by atoms with Gasteiger partial charge < -0.3 is 21.1 Å². The number of anilines is 2. The van der Waals surface area contributed by atoms with Crippen molar-refractivity contribution in [2.45, 2.75) is 50.7 Å². The van der Waals surface area contributed by atoms with Crippen LogP contribution in [0, 0.1) is 0 Å². The molecule has 0 aromatic carbocycles. The molecule has 2 aromatic heterocycles. The molecule has 2 aliphatic rings. The minimum atomic E-state index is -0.332. The zero-order valence-electron chi connectivity index (χ0n) is 16.0. The molecule has 1 saturated carbocycles. The highest BCUT2D eigenvalue weighted by Crippen LogP contribution is 2.40. The highest BCUT2D eigenvalue weighted by Gasteiger charge is 2.28. The Kier molecular flexibility index (Phi) is 5.80. The quantitative estimate of drug-likeness (QED) is 0.652. The summed E-state index contributed by atoms with van der Waals surface area (Å²) in [7, 11) is 0. The molecule has 152 valence electrons. The highest BCUT2D eigenvalue weighted by atomic mass is 32.1. The minimum absolute atomic E-state index is 0.158. The summed E-state index contributed by atoms with van der Waals surface area (Å²) >= 11 is 1.46. The van der Waals surface area contributed by atoms with Crippen molar-refractivity contribution in [2.24, 2.45) is 0 Å². The van der Waals surface area contributed by atoms with Gasteiger partial charge in [0, 0.05) is 35.8 Å². The molecule has 0 bridgehead atoms. The number of carbonyl (C=O) groups excluding carboxylic acids is 2. The van der Waals surface area contributed by atoms with Gasteiger partial charge in [0.05, 0.1) is 5.69 Å². The van der Waals surface area contributed by atoms with Crippen molar-refractivity contribution in [1.29, 1.82) is 0 Å². The van der Waals surface area contributed by atoms with E-state index < -0.39 is 0 Å². The number of nitrogen functional groups attached to an aromatic ring is 1. The summed E-state index contributed by atoms with van der Waals surface area (Å²) in [6, 6.07) is 3.95. The molecular formula is C21H24N4O3S. The fraction of sp³-hybridized carbons (Fsp3) is 0.381. The SMILES string of the molecule is Nc1c(NC(=O)/C=C/c2cccnc2)sc2c1CCC(OC(=O)NC1CCC1)C2. The number of hydrogen-bond donors (Lipinski definition) is 3. The number of hydrogen-bond acceptors (Lipinski definition) is 6. The largest absolute Gasteiger partial charge is 0.446 e. The van der Waals surface area contributed by atoms with Gasteiger partial charge in [0.25, 0.3) is 0 Å². The van der Waals surface area contributed by atoms with Crippen LogP contribution in [-0.4, -0.2) is 29.1 Å². The van der Waals surface area contributed by atoms with Crippen LogP contribution in [0.25, 0.3) is 6.08 Å². The number of aromatic nitrogens is 1. The fourth-order valence-corrected chi connectivity index (χ4v) is 4.71. The van der Waals surface area contributed by atoms with Crippen LogP contribution < -0.4 is 16.4 Å². The first-order valence-electron chi connectivity index (χ1n) is 9.84. The molecule has 0 aliphatic heterocycles. The molecule has 4 rings (SSSR count). The second-order valence-corrected chi connectivity index (χ2v) is 8.50. The monoisotopic (exact) mass is 412 g/mol. The average Bonchev–Trinajstić information content (AvgIpc) is 2.99. The van der Waals surface area contributed by atoms with Crippen LogP contribution in [0.3, 0.4) is 0 Å². The lowest BCUT2D eigenvalue weighted by Crippen LogP contribution is -2.41. The lowest BCUT2D eigenvalue weighted by molar-refractivity contribution is -0.111. The zero-order chi connectivity index (χ0) is 20.2. The van der Waals surface area contributed by atoms with Crippen molar-refractivity contribution in [3.8, 4) is 0 Å². The predicted octanol–water partition coefficient (Wildman–Crippen LogP) is 3.51. The number of nitrogens with zero attached hydrogens (tertiary/aromatic N) is 1. The molecule has 7 nitrogen and oxygen atoms in total. The summed E-state index contributed by atoms with van der Waals surface area (Å²) in [4.78, 5) is 29.3. The zero-order valence-corrected chi connectivity index (χ0v) is 16.8. The number of nitrogens with two attached hydrogens (primary N) is 1. The minimum Gasteiger partial charge on any atom is -0.446 e. The molecule has 0 saturated heterocycles. The van der Waals surface area contributed by atoms with E-state index >= 15 is 0 Å². The number of ether oxygens (including phenoxy) is 1. The molecule has 8 heteroatoms. The van der Waals surface area contributed by atoms with Gasteiger partial charge in [-0.15, -0.1) is 11.3 Å². The molecule has 2 heterocycles. The highest BCUT2D eigenvalue weighted by molar-refractivity contribution is 7.17. The Hall–Kier alpha value is -2.87. The van der Waals surface area contributed by atoms with Gasteiger partial charge in [0.15, 0.2) is 0 Å². The van der Waals surface area contributed by atoms with Gasteiger partial charge in [-0.25, -0.2) is 4.79 Å². The molecule has 2 aliphatic carbocycles. The van der Waals surface area contributed by atoms with Crippen LogP contribution in [0.4, 0.5) is 15.5 Å². The summed E-state index contributed by atoms with van der Waals surface area (Å²) in [5, 5.41) is 6.42. The number of nitrogens with one attached hydrogen (secondary N) is 2. The Morgan fingerprint density at radius 2 is 2.17 bits per heavy atom. The lowest BCUT2D eigenvalue weighted by Gasteiger charge is -2.28. The second-order valence-electron chi connectivity index (χ2n) is 7.40. The van der Waals surface area contributed by atoms with Crippen molar-refractivity contribution in [1.82, 2.24) is 10.3 Å². The van der Waals surface area contributed by atoms with E-state index in [4.69, 9.17) is 10.5 Å². The molecule has 1 fully saturated rings. The average molecular weight is 413 g/mol. The third-order valence-corrected chi connectivity index (χ3v) is 6.50. The van der Waals surface area contributed by atoms with Crippen molar-refractivity contribution < 1.29 is 14.3 Å². The molecule has 0 spiro atoms. The smallest absolute Gasteiger partial charge is 0.407 e. The first-order chi connectivity index (χ1) is 14.1. The van der Waals surface area contributed by atoms with Crippen molar-refractivity contribution >= 4 is 40.1 Å². The number of alkyl carbamates (subject to hydrolysis) is 1. The number of rotatable bonds is 5. The fourth-order valence-electron chi connectivity index (χ4n) is 3.48. The Morgan fingerprint density at radius 1 is 1.31 bits per heavy atom. The van der Waals surface area contributed by atoms with E-state index in [1.807, 2.05) is 12.1 Å². The topological polar surface area (TPSA) is 106 Å². The number of fused-ring (bicyclic) bond motifs is 1. The standard InChI is InChI=1S/C21H24N4O3S/c22-19-16-8-7-15(28-21(27)24-14-4-1-5-14)11-17(16)29-20(19)25-18(26)9-6-13-3-2-10-23-12-13/h2-3,6,9-10,12,14-15H,1,4-5,7-8,11,22H2,(H,24,27)(H,25,26)/b9-6+. The van der Waals surface area contributed by atoms with Crippen LogP contribution in [0.5, 0.6) is 0 Å². The first kappa shape index (κ1) is 19.4. The first-order valence-corrected chi connectivity index (χ1v) is 10.7. The van der Waals surface area contributed by atoms with Gasteiger partial charge in [0.2, 0.25) is 5.91 Å². The van der Waals surface area contributed by atoms with E-state index in [0.717, 1.165) is 48.1 Å². The van der Waals surface area contributed by atoms with Crippen LogP contribution in [-0.2, 0) is 22.4 Å². The maximum atomic E-state index is 12.3. The van der Waals surface area contributed by atoms with E-state index in [9.17, 15) is 9.59 Å². The number of pyridine rings is 1. The Bertz CT molecular complexity index is 922. The van der Waals surface area contributed by atoms with Crippen molar-refractivity contribution in [3.05, 3.63) is 46.6 Å². The van der Waals surface area contributed by atoms with Crippen molar-refractivity contribution in [3.63, 3.8) is 0 Å². The maximum absolute atomic E-state index is 12.3. The Morgan fingerprint density at radius 3 is 2.90 bits per heavy atom. The van der Waals surface area contributed by atoms with Gasteiger partial charge in [-0.1, -0.05) is 6.07 Å². The normalized spacial score (nSPS) is 18.7. The summed E-state index contributed by atoms with van der Waals surface area (Å²) in [6.45, 7) is 0. The van der Waals surface area contributed by atoms with Gasteiger partial charge in [-0.05, 0) is 55.4 Å². The molecule has 29 heavy (non-hydrogen) atoms. The molecule has 1 unspecified atom stereocenters. The Balaban J connectivity index is 1.35. The number of carbonyl (C=O) groups is 2. The van der Waals surface area contributed by atoms with Gasteiger partial charge in [0.1, 0.15) is 11.1 Å². The number of amides is 2. The maximum Gasteiger partial charge on any atom is 0.407 e. The number of thiophene rings is 1. The molecule has 4 N–H and O–H groups in total. The summed E-state index contributed by atoms with van der Waals surface area (Å²) < 4.78 is 5.58. The van der Waals surface area contributed by atoms with E-state index in [2.05, 4.69) is 15.6 Å². The van der Waals surface area contributed by atoms with E-state index in [1.54, 1.807) is 18.5 Å². The third kappa shape index (κ3) is 4.76. The van der Waals surface area contributed by atoms with Crippen LogP contribution in [0.1, 0.15) is 41.7 Å². The third-order valence-electron chi connectivity index (χ3n) is 5.31. The molecular weight excluding hydrogens is 388 g/mol. The molecule has 0 radical (unpaired) electrons. The lowest BCUT2D eigenvalue weighted by atomic mass is 9.93. The van der Waals surface area contributed by atoms with Gasteiger partial charge in [-0.3, -0.25) is 9.78 Å². The summed E-state index contributed by atoms with van der Waals surface area (Å²) in [6.07, 6.45) is 11.4. The molecule has 2 aromatic rings. The summed E-state index contributed by atoms with van der Waals surface area (Å²) in [5.41, 5.74) is 8.78. The van der Waals surface area contributed by atoms with Crippen LogP contribution >= 0.6 is 11.3 Å². The van der Waals surface area contributed by atoms with E-state index in [-0.39, 0.29) is 24.1 Å². The van der Waals surface area contributed by atoms with Crippen molar-refractivity contribution in [2.75, 3.05) is 11.1 Å². The van der Waals surface area contributed by atoms with Gasteiger partial charge in [-0.2, -0.15) is 0 Å². The van der Waals surface area contributed by atoms with E-state index in [0.29, 0.717) is 17.1 Å². The Labute approximate surface area is 173 Å². The molecule has 2 amide bonds. The predicted molar refractivity (Wildman–Crippen MR) is 114 cm³/mol. The van der Waals surface area contributed by atoms with Crippen LogP contribution in [0.15, 0.2) is 30.6 Å². The van der Waals surface area contributed by atoms with Crippen LogP contribution in [0.2, 0.25) is 0 Å². The van der Waals surface area contributed by atoms with Gasteiger partial charge >= 0.3 is 6.09 Å². The molecule has 1 atom stereocenters.